The molecule has 1 aromatic rings. The number of H-pyrrole nitrogens is 1. The van der Waals surface area contributed by atoms with Crippen molar-refractivity contribution < 1.29 is 9.53 Å². The van der Waals surface area contributed by atoms with Gasteiger partial charge in [0.05, 0.1) is 0 Å². The van der Waals surface area contributed by atoms with Crippen molar-refractivity contribution in [1.82, 2.24) is 10.2 Å². The Kier molecular flexibility index (Phi) is 1.55. The van der Waals surface area contributed by atoms with Gasteiger partial charge in [0.1, 0.15) is 0 Å². The Labute approximate surface area is 68.4 Å². The summed E-state index contributed by atoms with van der Waals surface area (Å²) in [5.41, 5.74) is 0. The minimum Gasteiger partial charge on any atom is -0.470 e. The third kappa shape index (κ3) is 1.29. The highest BCUT2D eigenvalue weighted by Crippen LogP contribution is 2.09. The number of ketones is 1. The Balaban J connectivity index is 2.05. The van der Waals surface area contributed by atoms with Crippen LogP contribution in [0.2, 0.25) is 0 Å². The number of hydrogen-bond acceptors (Lipinski definition) is 4. The minimum absolute atomic E-state index is 0.0342. The first-order valence-corrected chi connectivity index (χ1v) is 3.49. The van der Waals surface area contributed by atoms with E-state index < -0.39 is 0 Å². The van der Waals surface area contributed by atoms with E-state index in [1.165, 1.54) is 6.08 Å². The Hall–Kier alpha value is -1.78. The van der Waals surface area contributed by atoms with Crippen LogP contribution in [0.3, 0.4) is 0 Å². The molecule has 62 valence electrons. The van der Waals surface area contributed by atoms with E-state index in [9.17, 15) is 4.79 Å². The van der Waals surface area contributed by atoms with Gasteiger partial charge in [0, 0.05) is 18.3 Å². The number of aromatic amines is 1. The molecule has 0 spiro atoms. The van der Waals surface area contributed by atoms with E-state index in [0.29, 0.717) is 11.7 Å². The summed E-state index contributed by atoms with van der Waals surface area (Å²) in [4.78, 5) is 10.7. The number of anilines is 1. The van der Waals surface area contributed by atoms with Crippen molar-refractivity contribution in [1.29, 1.82) is 0 Å². The molecule has 2 N–H and O–H groups in total. The van der Waals surface area contributed by atoms with Crippen molar-refractivity contribution in [2.45, 2.75) is 0 Å². The summed E-state index contributed by atoms with van der Waals surface area (Å²) in [6.07, 6.45) is 3.09. The third-order valence-corrected chi connectivity index (χ3v) is 1.41. The van der Waals surface area contributed by atoms with Gasteiger partial charge in [-0.25, -0.2) is 0 Å². The predicted octanol–water partition coefficient (Wildman–Crippen LogP) is 0.262. The molecule has 0 amide bonds. The topological polar surface area (TPSA) is 67.0 Å². The maximum Gasteiger partial charge on any atom is 0.198 e. The maximum atomic E-state index is 10.7. The number of nitrogens with zero attached hydrogens (tertiary/aromatic N) is 1. The molecule has 0 saturated carbocycles. The van der Waals surface area contributed by atoms with Gasteiger partial charge in [0.2, 0.25) is 0 Å². The largest absolute Gasteiger partial charge is 0.470 e. The summed E-state index contributed by atoms with van der Waals surface area (Å²) < 4.78 is 4.99. The minimum atomic E-state index is -0.0342. The van der Waals surface area contributed by atoms with E-state index >= 15 is 0 Å². The van der Waals surface area contributed by atoms with Crippen molar-refractivity contribution in [3.8, 4) is 0 Å². The van der Waals surface area contributed by atoms with Crippen LogP contribution < -0.4 is 5.32 Å². The van der Waals surface area contributed by atoms with Crippen molar-refractivity contribution >= 4 is 11.6 Å². The Morgan fingerprint density at radius 1 is 1.67 bits per heavy atom. The SMILES string of the molecule is O=C1C=C(Nc2cc[nH]n2)OC1. The van der Waals surface area contributed by atoms with Gasteiger partial charge in [-0.2, -0.15) is 5.10 Å². The summed E-state index contributed by atoms with van der Waals surface area (Å²) >= 11 is 0. The van der Waals surface area contributed by atoms with Crippen LogP contribution in [0.4, 0.5) is 5.82 Å². The molecule has 0 bridgehead atoms. The molecule has 0 fully saturated rings. The number of aromatic nitrogens is 2. The van der Waals surface area contributed by atoms with Gasteiger partial charge in [-0.15, -0.1) is 0 Å². The lowest BCUT2D eigenvalue weighted by Crippen LogP contribution is -2.00. The highest BCUT2D eigenvalue weighted by molar-refractivity contribution is 5.93. The Morgan fingerprint density at radius 2 is 2.58 bits per heavy atom. The van der Waals surface area contributed by atoms with E-state index in [4.69, 9.17) is 4.74 Å². The zero-order valence-corrected chi connectivity index (χ0v) is 6.20. The standard InChI is InChI=1S/C7H7N3O2/c11-5-3-7(12-4-5)9-6-1-2-8-10-6/h1-3H,4H2,(H2,8,9,10). The van der Waals surface area contributed by atoms with Crippen molar-refractivity contribution in [2.75, 3.05) is 11.9 Å². The molecular weight excluding hydrogens is 158 g/mol. The van der Waals surface area contributed by atoms with Gasteiger partial charge < -0.3 is 10.1 Å². The van der Waals surface area contributed by atoms with Gasteiger partial charge in [-0.3, -0.25) is 9.89 Å². The van der Waals surface area contributed by atoms with Gasteiger partial charge in [-0.05, 0) is 0 Å². The Bertz CT molecular complexity index is 315. The van der Waals surface area contributed by atoms with Crippen LogP contribution in [-0.4, -0.2) is 22.6 Å². The molecule has 5 nitrogen and oxygen atoms in total. The van der Waals surface area contributed by atoms with Crippen LogP contribution in [0, 0.1) is 0 Å². The molecule has 0 aromatic carbocycles. The van der Waals surface area contributed by atoms with Gasteiger partial charge in [0.25, 0.3) is 0 Å². The lowest BCUT2D eigenvalue weighted by Gasteiger charge is -2.01. The molecule has 2 rings (SSSR count). The fourth-order valence-corrected chi connectivity index (χ4v) is 0.907. The van der Waals surface area contributed by atoms with Gasteiger partial charge in [-0.1, -0.05) is 0 Å². The van der Waals surface area contributed by atoms with Crippen LogP contribution in [0.5, 0.6) is 0 Å². The van der Waals surface area contributed by atoms with Crippen LogP contribution >= 0.6 is 0 Å². The van der Waals surface area contributed by atoms with E-state index in [2.05, 4.69) is 15.5 Å². The average Bonchev–Trinajstić information content (AvgIpc) is 2.63. The summed E-state index contributed by atoms with van der Waals surface area (Å²) in [5, 5.41) is 9.30. The molecule has 2 heterocycles. The fraction of sp³-hybridized carbons (Fsp3) is 0.143. The first-order valence-electron chi connectivity index (χ1n) is 3.49. The molecule has 0 aliphatic carbocycles. The molecule has 1 aromatic heterocycles. The molecule has 5 heteroatoms. The van der Waals surface area contributed by atoms with Crippen LogP contribution in [-0.2, 0) is 9.53 Å². The summed E-state index contributed by atoms with van der Waals surface area (Å²) in [6, 6.07) is 1.74. The first-order chi connectivity index (χ1) is 5.84. The highest BCUT2D eigenvalue weighted by Gasteiger charge is 2.12. The van der Waals surface area contributed by atoms with Crippen LogP contribution in [0.1, 0.15) is 0 Å². The quantitative estimate of drug-likeness (QED) is 0.659. The van der Waals surface area contributed by atoms with Crippen molar-refractivity contribution in [3.05, 3.63) is 24.2 Å². The first kappa shape index (κ1) is 6.90. The monoisotopic (exact) mass is 165 g/mol. The number of carbonyl (C=O) groups is 1. The average molecular weight is 165 g/mol. The number of rotatable bonds is 2. The fourth-order valence-electron chi connectivity index (χ4n) is 0.907. The lowest BCUT2D eigenvalue weighted by atomic mass is 10.4. The molecule has 0 atom stereocenters. The number of nitrogens with one attached hydrogen (secondary N) is 2. The van der Waals surface area contributed by atoms with Crippen LogP contribution in [0.15, 0.2) is 24.2 Å². The molecule has 0 radical (unpaired) electrons. The second-order valence-electron chi connectivity index (χ2n) is 2.35. The predicted molar refractivity (Wildman–Crippen MR) is 41.3 cm³/mol. The van der Waals surface area contributed by atoms with E-state index in [0.717, 1.165) is 0 Å². The zero-order chi connectivity index (χ0) is 8.39. The second-order valence-corrected chi connectivity index (χ2v) is 2.35. The molecule has 0 saturated heterocycles. The van der Waals surface area contributed by atoms with E-state index in [-0.39, 0.29) is 12.4 Å². The molecule has 12 heavy (non-hydrogen) atoms. The van der Waals surface area contributed by atoms with E-state index in [1.54, 1.807) is 12.3 Å². The molecule has 1 aliphatic rings. The summed E-state index contributed by atoms with van der Waals surface area (Å²) in [7, 11) is 0. The molecule has 0 unspecified atom stereocenters. The third-order valence-electron chi connectivity index (χ3n) is 1.41. The number of ether oxygens (including phenoxy) is 1. The number of carbonyl (C=O) groups excluding carboxylic acids is 1. The van der Waals surface area contributed by atoms with Crippen molar-refractivity contribution in [3.63, 3.8) is 0 Å². The maximum absolute atomic E-state index is 10.7. The van der Waals surface area contributed by atoms with Crippen molar-refractivity contribution in [2.24, 2.45) is 0 Å². The zero-order valence-electron chi connectivity index (χ0n) is 6.20. The van der Waals surface area contributed by atoms with E-state index in [1.807, 2.05) is 0 Å². The van der Waals surface area contributed by atoms with Gasteiger partial charge >= 0.3 is 0 Å². The Morgan fingerprint density at radius 3 is 3.17 bits per heavy atom. The lowest BCUT2D eigenvalue weighted by molar-refractivity contribution is -0.115. The smallest absolute Gasteiger partial charge is 0.198 e. The normalized spacial score (nSPS) is 15.7. The van der Waals surface area contributed by atoms with Crippen LogP contribution in [0.25, 0.3) is 0 Å². The van der Waals surface area contributed by atoms with Gasteiger partial charge in [0.15, 0.2) is 24.1 Å². The number of hydrogen-bond donors (Lipinski definition) is 2. The summed E-state index contributed by atoms with van der Waals surface area (Å²) in [5.74, 6) is 1.05. The molecular formula is C7H7N3O2. The highest BCUT2D eigenvalue weighted by atomic mass is 16.5. The molecule has 1 aliphatic heterocycles. The summed E-state index contributed by atoms with van der Waals surface area (Å²) in [6.45, 7) is 0.118. The second kappa shape index (κ2) is 2.69.